The van der Waals surface area contributed by atoms with Crippen molar-refractivity contribution in [2.24, 2.45) is 0 Å². The number of fused-ring (bicyclic) bond motifs is 2. The molecule has 4 rings (SSSR count). The average molecular weight is 368 g/mol. The number of hydrogen-bond donors (Lipinski definition) is 0. The van der Waals surface area contributed by atoms with Crippen molar-refractivity contribution in [2.75, 3.05) is 0 Å². The lowest BCUT2D eigenvalue weighted by Crippen LogP contribution is -2.16. The normalized spacial score (nSPS) is 15.2. The second-order valence-corrected chi connectivity index (χ2v) is 7.09. The van der Waals surface area contributed by atoms with E-state index in [0.717, 1.165) is 46.1 Å². The maximum atomic E-state index is 12.9. The first-order chi connectivity index (χ1) is 13.6. The molecule has 1 atom stereocenters. The maximum absolute atomic E-state index is 12.9. The lowest BCUT2D eigenvalue weighted by molar-refractivity contribution is 0.0436. The number of aryl methyl sites for hydroxylation is 1. The topological polar surface area (TPSA) is 63.0 Å². The van der Waals surface area contributed by atoms with Gasteiger partial charge in [-0.2, -0.15) is 5.26 Å². The molecule has 0 amide bonds. The summed E-state index contributed by atoms with van der Waals surface area (Å²) < 4.78 is 5.34. The summed E-state index contributed by atoms with van der Waals surface area (Å²) in [7, 11) is 0. The van der Waals surface area contributed by atoms with Crippen molar-refractivity contribution in [3.8, 4) is 6.07 Å². The van der Waals surface area contributed by atoms with Crippen molar-refractivity contribution in [1.82, 2.24) is 4.98 Å². The smallest absolute Gasteiger partial charge is 0.340 e. The molecule has 2 aromatic carbocycles. The SMILES string of the molecule is Cc1ccc(/C=C2\CCc3c2nc2ccccc2c3C(=O)O[C@@H](C)C#N)cc1. The lowest BCUT2D eigenvalue weighted by Gasteiger charge is -2.13. The molecule has 0 saturated carbocycles. The van der Waals surface area contributed by atoms with Crippen molar-refractivity contribution >= 4 is 28.5 Å². The number of benzene rings is 2. The van der Waals surface area contributed by atoms with E-state index in [4.69, 9.17) is 15.0 Å². The summed E-state index contributed by atoms with van der Waals surface area (Å²) in [6, 6.07) is 17.9. The zero-order chi connectivity index (χ0) is 19.7. The number of carbonyl (C=O) groups excluding carboxylic acids is 1. The Labute approximate surface area is 164 Å². The van der Waals surface area contributed by atoms with Crippen LogP contribution in [0.25, 0.3) is 22.6 Å². The van der Waals surface area contributed by atoms with E-state index in [9.17, 15) is 4.79 Å². The molecule has 138 valence electrons. The van der Waals surface area contributed by atoms with Crippen LogP contribution in [-0.4, -0.2) is 17.1 Å². The van der Waals surface area contributed by atoms with Gasteiger partial charge in [0, 0.05) is 5.39 Å². The summed E-state index contributed by atoms with van der Waals surface area (Å²) in [5, 5.41) is 9.79. The van der Waals surface area contributed by atoms with Gasteiger partial charge in [-0.15, -0.1) is 0 Å². The number of nitriles is 1. The first-order valence-corrected chi connectivity index (χ1v) is 9.36. The molecule has 4 nitrogen and oxygen atoms in total. The zero-order valence-corrected chi connectivity index (χ0v) is 15.9. The molecule has 0 aliphatic heterocycles. The number of allylic oxidation sites excluding steroid dienone is 1. The van der Waals surface area contributed by atoms with Crippen LogP contribution < -0.4 is 0 Å². The number of carbonyl (C=O) groups is 1. The molecule has 0 fully saturated rings. The number of aromatic nitrogens is 1. The van der Waals surface area contributed by atoms with E-state index in [-0.39, 0.29) is 0 Å². The van der Waals surface area contributed by atoms with Crippen molar-refractivity contribution in [2.45, 2.75) is 32.8 Å². The van der Waals surface area contributed by atoms with E-state index >= 15 is 0 Å². The number of hydrogen-bond acceptors (Lipinski definition) is 4. The minimum Gasteiger partial charge on any atom is -0.444 e. The fraction of sp³-hybridized carbons (Fsp3) is 0.208. The highest BCUT2D eigenvalue weighted by Gasteiger charge is 2.28. The fourth-order valence-electron chi connectivity index (χ4n) is 3.62. The zero-order valence-electron chi connectivity index (χ0n) is 15.9. The van der Waals surface area contributed by atoms with Gasteiger partial charge >= 0.3 is 5.97 Å². The van der Waals surface area contributed by atoms with E-state index in [0.29, 0.717) is 5.56 Å². The number of nitrogens with zero attached hydrogens (tertiary/aromatic N) is 2. The third kappa shape index (κ3) is 3.27. The summed E-state index contributed by atoms with van der Waals surface area (Å²) in [4.78, 5) is 17.7. The van der Waals surface area contributed by atoms with Crippen molar-refractivity contribution < 1.29 is 9.53 Å². The molecule has 0 N–H and O–H groups in total. The Balaban J connectivity index is 1.86. The Morgan fingerprint density at radius 3 is 2.68 bits per heavy atom. The number of pyridine rings is 1. The van der Waals surface area contributed by atoms with Gasteiger partial charge in [0.15, 0.2) is 6.10 Å². The average Bonchev–Trinajstić information content (AvgIpc) is 3.09. The van der Waals surface area contributed by atoms with Crippen LogP contribution in [0.15, 0.2) is 48.5 Å². The Bertz CT molecular complexity index is 1140. The van der Waals surface area contributed by atoms with E-state index < -0.39 is 12.1 Å². The molecule has 1 aromatic heterocycles. The van der Waals surface area contributed by atoms with Crippen LogP contribution in [-0.2, 0) is 11.2 Å². The Morgan fingerprint density at radius 1 is 1.18 bits per heavy atom. The van der Waals surface area contributed by atoms with E-state index in [1.54, 1.807) is 6.92 Å². The minimum atomic E-state index is -0.793. The summed E-state index contributed by atoms with van der Waals surface area (Å²) in [6.45, 7) is 3.64. The van der Waals surface area contributed by atoms with Gasteiger partial charge in [0.05, 0.1) is 16.8 Å². The molecule has 1 heterocycles. The molecule has 0 saturated heterocycles. The van der Waals surface area contributed by atoms with E-state index in [1.807, 2.05) is 30.3 Å². The van der Waals surface area contributed by atoms with Crippen molar-refractivity contribution in [3.05, 3.63) is 76.5 Å². The van der Waals surface area contributed by atoms with Crippen LogP contribution in [0.1, 0.15) is 46.1 Å². The standard InChI is InChI=1S/C24H20N2O2/c1-15-7-9-17(10-8-15)13-18-11-12-20-22(24(27)28-16(2)14-25)19-5-3-4-6-21(19)26-23(18)20/h3-10,13,16H,11-12H2,1-2H3/b18-13+/t16-/m0/s1. The third-order valence-corrected chi connectivity index (χ3v) is 5.03. The third-order valence-electron chi connectivity index (χ3n) is 5.03. The largest absolute Gasteiger partial charge is 0.444 e. The number of ether oxygens (including phenoxy) is 1. The quantitative estimate of drug-likeness (QED) is 0.604. The van der Waals surface area contributed by atoms with Gasteiger partial charge in [0.2, 0.25) is 0 Å². The van der Waals surface area contributed by atoms with Gasteiger partial charge in [-0.3, -0.25) is 0 Å². The molecule has 1 aliphatic carbocycles. The van der Waals surface area contributed by atoms with Gasteiger partial charge in [0.25, 0.3) is 0 Å². The van der Waals surface area contributed by atoms with Gasteiger partial charge < -0.3 is 4.74 Å². The van der Waals surface area contributed by atoms with Crippen LogP contribution in [0.5, 0.6) is 0 Å². The van der Waals surface area contributed by atoms with Crippen molar-refractivity contribution in [3.63, 3.8) is 0 Å². The molecular formula is C24H20N2O2. The molecule has 4 heteroatoms. The first kappa shape index (κ1) is 17.9. The van der Waals surface area contributed by atoms with E-state index in [2.05, 4.69) is 37.3 Å². The predicted octanol–water partition coefficient (Wildman–Crippen LogP) is 5.10. The van der Waals surface area contributed by atoms with E-state index in [1.165, 1.54) is 5.56 Å². The monoisotopic (exact) mass is 368 g/mol. The van der Waals surface area contributed by atoms with Gasteiger partial charge in [0.1, 0.15) is 6.07 Å². The highest BCUT2D eigenvalue weighted by molar-refractivity contribution is 6.07. The molecule has 3 aromatic rings. The van der Waals surface area contributed by atoms with Gasteiger partial charge in [-0.1, -0.05) is 48.0 Å². The number of esters is 1. The summed E-state index contributed by atoms with van der Waals surface area (Å²) in [5.41, 5.74) is 6.51. The Hall–Kier alpha value is -3.45. The Morgan fingerprint density at radius 2 is 1.93 bits per heavy atom. The van der Waals surface area contributed by atoms with Gasteiger partial charge in [-0.25, -0.2) is 9.78 Å². The summed E-state index contributed by atoms with van der Waals surface area (Å²) >= 11 is 0. The maximum Gasteiger partial charge on any atom is 0.340 e. The van der Waals surface area contributed by atoms with Crippen LogP contribution in [0.3, 0.4) is 0 Å². The summed E-state index contributed by atoms with van der Waals surface area (Å²) in [6.07, 6.45) is 2.90. The van der Waals surface area contributed by atoms with Gasteiger partial charge in [-0.05, 0) is 55.5 Å². The summed E-state index contributed by atoms with van der Waals surface area (Å²) in [5.74, 6) is -0.458. The molecule has 0 unspecified atom stereocenters. The number of rotatable bonds is 3. The van der Waals surface area contributed by atoms with Crippen LogP contribution in [0.2, 0.25) is 0 Å². The van der Waals surface area contributed by atoms with Crippen molar-refractivity contribution in [1.29, 1.82) is 5.26 Å². The van der Waals surface area contributed by atoms with Crippen LogP contribution in [0, 0.1) is 18.3 Å². The molecule has 28 heavy (non-hydrogen) atoms. The predicted molar refractivity (Wildman–Crippen MR) is 110 cm³/mol. The molecular weight excluding hydrogens is 348 g/mol. The highest BCUT2D eigenvalue weighted by Crippen LogP contribution is 2.37. The van der Waals surface area contributed by atoms with Crippen LogP contribution in [0.4, 0.5) is 0 Å². The second kappa shape index (κ2) is 7.28. The molecule has 0 bridgehead atoms. The fourth-order valence-corrected chi connectivity index (χ4v) is 3.62. The molecule has 1 aliphatic rings. The van der Waals surface area contributed by atoms with Crippen LogP contribution >= 0.6 is 0 Å². The second-order valence-electron chi connectivity index (χ2n) is 7.09. The minimum absolute atomic E-state index is 0.458. The lowest BCUT2D eigenvalue weighted by atomic mass is 10.0. The first-order valence-electron chi connectivity index (χ1n) is 9.36. The number of para-hydroxylation sites is 1. The Kier molecular flexibility index (Phi) is 4.67. The molecule has 0 spiro atoms. The molecule has 0 radical (unpaired) electrons. The highest BCUT2D eigenvalue weighted by atomic mass is 16.5.